The maximum Gasteiger partial charge on any atom is 0.240 e. The zero-order chi connectivity index (χ0) is 19.6. The van der Waals surface area contributed by atoms with Gasteiger partial charge in [-0.05, 0) is 44.0 Å². The molecule has 0 aliphatic rings. The summed E-state index contributed by atoms with van der Waals surface area (Å²) < 4.78 is 31.8. The Morgan fingerprint density at radius 1 is 1.26 bits per heavy atom. The highest BCUT2D eigenvalue weighted by atomic mass is 127. The molecule has 0 radical (unpaired) electrons. The molecule has 7 nitrogen and oxygen atoms in total. The zero-order valence-corrected chi connectivity index (χ0v) is 19.9. The van der Waals surface area contributed by atoms with Crippen LogP contribution in [-0.4, -0.2) is 47.7 Å². The fourth-order valence-electron chi connectivity index (χ4n) is 2.50. The van der Waals surface area contributed by atoms with Crippen LogP contribution in [-0.2, 0) is 21.3 Å². The normalized spacial score (nSPS) is 13.2. The van der Waals surface area contributed by atoms with Crippen LogP contribution in [0.4, 0.5) is 0 Å². The molecule has 0 spiro atoms. The second kappa shape index (κ2) is 13.3. The quantitative estimate of drug-likeness (QED) is 0.254. The van der Waals surface area contributed by atoms with Crippen LogP contribution in [0, 0.1) is 5.92 Å². The van der Waals surface area contributed by atoms with E-state index in [-0.39, 0.29) is 35.0 Å². The van der Waals surface area contributed by atoms with Gasteiger partial charge < -0.3 is 15.4 Å². The fraction of sp³-hybridized carbons (Fsp3) is 0.611. The van der Waals surface area contributed by atoms with Crippen molar-refractivity contribution < 1.29 is 13.2 Å². The number of sulfonamides is 1. The van der Waals surface area contributed by atoms with Crippen LogP contribution < -0.4 is 15.4 Å². The van der Waals surface area contributed by atoms with Crippen molar-refractivity contribution in [2.24, 2.45) is 10.9 Å². The highest BCUT2D eigenvalue weighted by molar-refractivity contribution is 14.0. The van der Waals surface area contributed by atoms with E-state index >= 15 is 0 Å². The smallest absolute Gasteiger partial charge is 0.240 e. The molecule has 0 saturated heterocycles. The molecule has 0 saturated carbocycles. The number of ether oxygens (including phenoxy) is 1. The van der Waals surface area contributed by atoms with Gasteiger partial charge in [0.2, 0.25) is 10.0 Å². The summed E-state index contributed by atoms with van der Waals surface area (Å²) in [6.07, 6.45) is 1.11. The lowest BCUT2D eigenvalue weighted by Crippen LogP contribution is -2.39. The molecular weight excluding hydrogens is 479 g/mol. The number of aliphatic imine (C=N–C) groups is 1. The first-order valence-electron chi connectivity index (χ1n) is 8.92. The van der Waals surface area contributed by atoms with E-state index in [0.29, 0.717) is 25.0 Å². The molecule has 0 heterocycles. The van der Waals surface area contributed by atoms with Crippen molar-refractivity contribution in [2.45, 2.75) is 44.7 Å². The summed E-state index contributed by atoms with van der Waals surface area (Å²) >= 11 is 0. The maximum absolute atomic E-state index is 11.9. The van der Waals surface area contributed by atoms with Crippen molar-refractivity contribution in [3.05, 3.63) is 29.8 Å². The average molecular weight is 512 g/mol. The van der Waals surface area contributed by atoms with E-state index < -0.39 is 10.0 Å². The molecule has 1 atom stereocenters. The molecule has 0 amide bonds. The summed E-state index contributed by atoms with van der Waals surface area (Å²) in [5, 5.41) is 6.47. The van der Waals surface area contributed by atoms with Gasteiger partial charge in [-0.2, -0.15) is 0 Å². The van der Waals surface area contributed by atoms with Gasteiger partial charge in [-0.25, -0.2) is 13.1 Å². The monoisotopic (exact) mass is 512 g/mol. The summed E-state index contributed by atoms with van der Waals surface area (Å²) in [6, 6.07) is 6.82. The third-order valence-electron chi connectivity index (χ3n) is 4.01. The van der Waals surface area contributed by atoms with Crippen molar-refractivity contribution in [1.82, 2.24) is 15.4 Å². The predicted molar refractivity (Wildman–Crippen MR) is 121 cm³/mol. The van der Waals surface area contributed by atoms with Crippen molar-refractivity contribution in [3.63, 3.8) is 0 Å². The van der Waals surface area contributed by atoms with Gasteiger partial charge in [0, 0.05) is 26.7 Å². The number of hydrogen-bond donors (Lipinski definition) is 3. The summed E-state index contributed by atoms with van der Waals surface area (Å²) in [4.78, 5) is 4.45. The van der Waals surface area contributed by atoms with Crippen LogP contribution >= 0.6 is 24.0 Å². The van der Waals surface area contributed by atoms with Crippen LogP contribution in [0.5, 0.6) is 0 Å². The van der Waals surface area contributed by atoms with Gasteiger partial charge in [-0.3, -0.25) is 4.99 Å². The highest BCUT2D eigenvalue weighted by Crippen LogP contribution is 2.11. The molecule has 3 N–H and O–H groups in total. The average Bonchev–Trinajstić information content (AvgIpc) is 2.63. The molecular formula is C18H33IN4O3S. The number of guanidine groups is 1. The third kappa shape index (κ3) is 9.22. The van der Waals surface area contributed by atoms with Gasteiger partial charge in [0.25, 0.3) is 0 Å². The van der Waals surface area contributed by atoms with Gasteiger partial charge in [-0.15, -0.1) is 24.0 Å². The van der Waals surface area contributed by atoms with Gasteiger partial charge in [0.1, 0.15) is 0 Å². The minimum absolute atomic E-state index is 0. The minimum atomic E-state index is -3.44. The van der Waals surface area contributed by atoms with Crippen molar-refractivity contribution >= 4 is 40.0 Å². The second-order valence-electron chi connectivity index (χ2n) is 6.23. The highest BCUT2D eigenvalue weighted by Gasteiger charge is 2.13. The first-order valence-corrected chi connectivity index (χ1v) is 10.4. The molecule has 0 bridgehead atoms. The molecule has 27 heavy (non-hydrogen) atoms. The SMILES string of the molecule is CCOC(CCNC(=NC)NCc1cccc(S(=O)(=O)NC)c1)C(C)C.I. The largest absolute Gasteiger partial charge is 0.378 e. The van der Waals surface area contributed by atoms with Crippen LogP contribution in [0.3, 0.4) is 0 Å². The lowest BCUT2D eigenvalue weighted by molar-refractivity contribution is 0.0258. The van der Waals surface area contributed by atoms with Crippen molar-refractivity contribution in [3.8, 4) is 0 Å². The summed E-state index contributed by atoms with van der Waals surface area (Å²) in [7, 11) is -0.330. The number of rotatable bonds is 10. The van der Waals surface area contributed by atoms with Crippen LogP contribution in [0.2, 0.25) is 0 Å². The van der Waals surface area contributed by atoms with Crippen molar-refractivity contribution in [2.75, 3.05) is 27.2 Å². The number of nitrogens with one attached hydrogen (secondary N) is 3. The van der Waals surface area contributed by atoms with E-state index in [1.807, 2.05) is 13.0 Å². The van der Waals surface area contributed by atoms with Crippen molar-refractivity contribution in [1.29, 1.82) is 0 Å². The molecule has 0 fully saturated rings. The topological polar surface area (TPSA) is 91.8 Å². The molecule has 0 aliphatic heterocycles. The Morgan fingerprint density at radius 2 is 1.96 bits per heavy atom. The lowest BCUT2D eigenvalue weighted by atomic mass is 10.0. The molecule has 156 valence electrons. The molecule has 1 rings (SSSR count). The van der Waals surface area contributed by atoms with Gasteiger partial charge in [0.05, 0.1) is 11.0 Å². The Hall–Kier alpha value is -0.910. The van der Waals surface area contributed by atoms with Crippen LogP contribution in [0.25, 0.3) is 0 Å². The number of halogens is 1. The first-order chi connectivity index (χ1) is 12.3. The Labute approximate surface area is 180 Å². The van der Waals surface area contributed by atoms with Crippen LogP contribution in [0.1, 0.15) is 32.8 Å². The van der Waals surface area contributed by atoms with E-state index in [2.05, 4.69) is 34.2 Å². The second-order valence-corrected chi connectivity index (χ2v) is 8.12. The van der Waals surface area contributed by atoms with Gasteiger partial charge >= 0.3 is 0 Å². The van der Waals surface area contributed by atoms with E-state index in [4.69, 9.17) is 4.74 Å². The lowest BCUT2D eigenvalue weighted by Gasteiger charge is -2.21. The standard InChI is InChI=1S/C18H32N4O3S.HI/c1-6-25-17(14(2)3)10-11-21-18(19-4)22-13-15-8-7-9-16(12-15)26(23,24)20-5;/h7-9,12,14,17,20H,6,10-11,13H2,1-5H3,(H2,19,21,22);1H. The minimum Gasteiger partial charge on any atom is -0.378 e. The Balaban J connectivity index is 0.00000676. The van der Waals surface area contributed by atoms with E-state index in [1.54, 1.807) is 25.2 Å². The number of benzene rings is 1. The molecule has 1 unspecified atom stereocenters. The summed E-state index contributed by atoms with van der Waals surface area (Å²) in [5.41, 5.74) is 0.860. The summed E-state index contributed by atoms with van der Waals surface area (Å²) in [6.45, 7) is 8.25. The fourth-order valence-corrected chi connectivity index (χ4v) is 3.30. The first kappa shape index (κ1) is 26.1. The molecule has 9 heteroatoms. The third-order valence-corrected chi connectivity index (χ3v) is 5.42. The van der Waals surface area contributed by atoms with Gasteiger partial charge in [0.15, 0.2) is 5.96 Å². The van der Waals surface area contributed by atoms with E-state index in [0.717, 1.165) is 18.5 Å². The Morgan fingerprint density at radius 3 is 2.52 bits per heavy atom. The van der Waals surface area contributed by atoms with E-state index in [9.17, 15) is 8.42 Å². The molecule has 0 aromatic heterocycles. The molecule has 1 aromatic rings. The summed E-state index contributed by atoms with van der Waals surface area (Å²) in [5.74, 6) is 1.13. The number of nitrogens with zero attached hydrogens (tertiary/aromatic N) is 1. The Bertz CT molecular complexity index is 681. The number of hydrogen-bond acceptors (Lipinski definition) is 4. The maximum atomic E-state index is 11.9. The zero-order valence-electron chi connectivity index (χ0n) is 16.8. The molecule has 1 aromatic carbocycles. The van der Waals surface area contributed by atoms with E-state index in [1.165, 1.54) is 7.05 Å². The van der Waals surface area contributed by atoms with Gasteiger partial charge in [-0.1, -0.05) is 26.0 Å². The van der Waals surface area contributed by atoms with Crippen LogP contribution in [0.15, 0.2) is 34.2 Å². The molecule has 0 aliphatic carbocycles. The Kier molecular flexibility index (Phi) is 12.8. The predicted octanol–water partition coefficient (Wildman–Crippen LogP) is 2.33.